The molecule has 2 heterocycles. The average molecular weight is 323 g/mol. The average Bonchev–Trinajstić information content (AvgIpc) is 2.85. The summed E-state index contributed by atoms with van der Waals surface area (Å²) in [6.45, 7) is 0.508. The van der Waals surface area contributed by atoms with E-state index in [9.17, 15) is 9.18 Å². The van der Waals surface area contributed by atoms with Crippen molar-refractivity contribution >= 4 is 29.3 Å². The number of pyridine rings is 1. The van der Waals surface area contributed by atoms with Crippen LogP contribution in [0.1, 0.15) is 16.5 Å². The van der Waals surface area contributed by atoms with Crippen LogP contribution in [0.3, 0.4) is 0 Å². The molecule has 1 aromatic carbocycles. The van der Waals surface area contributed by atoms with Gasteiger partial charge in [0.05, 0.1) is 10.8 Å². The van der Waals surface area contributed by atoms with E-state index >= 15 is 0 Å². The highest BCUT2D eigenvalue weighted by Crippen LogP contribution is 2.40. The summed E-state index contributed by atoms with van der Waals surface area (Å²) in [5, 5.41) is -0.0555. The summed E-state index contributed by atoms with van der Waals surface area (Å²) >= 11 is 7.37. The van der Waals surface area contributed by atoms with Gasteiger partial charge >= 0.3 is 0 Å². The summed E-state index contributed by atoms with van der Waals surface area (Å²) in [6.07, 6.45) is 3.40. The third-order valence-corrected chi connectivity index (χ3v) is 4.84. The molecule has 3 rings (SSSR count). The zero-order valence-electron chi connectivity index (χ0n) is 11.0. The number of carbonyl (C=O) groups is 1. The Balaban J connectivity index is 1.86. The lowest BCUT2D eigenvalue weighted by atomic mass is 10.2. The quantitative estimate of drug-likeness (QED) is 0.865. The molecule has 1 unspecified atom stereocenters. The maximum absolute atomic E-state index is 13.3. The molecule has 21 heavy (non-hydrogen) atoms. The van der Waals surface area contributed by atoms with Gasteiger partial charge in [0.2, 0.25) is 5.91 Å². The first-order valence-electron chi connectivity index (χ1n) is 6.40. The third kappa shape index (κ3) is 3.04. The molecule has 1 atom stereocenters. The van der Waals surface area contributed by atoms with E-state index in [4.69, 9.17) is 11.6 Å². The molecule has 0 radical (unpaired) electrons. The maximum atomic E-state index is 13.3. The minimum Gasteiger partial charge on any atom is -0.322 e. The van der Waals surface area contributed by atoms with E-state index < -0.39 is 5.82 Å². The number of benzene rings is 1. The van der Waals surface area contributed by atoms with Crippen LogP contribution in [0.15, 0.2) is 42.7 Å². The summed E-state index contributed by atoms with van der Waals surface area (Å²) in [5.41, 5.74) is 1.85. The van der Waals surface area contributed by atoms with Crippen molar-refractivity contribution in [2.75, 3.05) is 5.75 Å². The summed E-state index contributed by atoms with van der Waals surface area (Å²) in [7, 11) is 0. The van der Waals surface area contributed by atoms with Gasteiger partial charge in [0, 0.05) is 18.9 Å². The first-order valence-corrected chi connectivity index (χ1v) is 7.83. The summed E-state index contributed by atoms with van der Waals surface area (Å²) < 4.78 is 13.3. The van der Waals surface area contributed by atoms with Crippen LogP contribution in [0.4, 0.5) is 4.39 Å². The van der Waals surface area contributed by atoms with Gasteiger partial charge in [-0.1, -0.05) is 17.7 Å². The number of thioether (sulfide) groups is 1. The Labute approximate surface area is 131 Å². The molecule has 1 aromatic heterocycles. The predicted octanol–water partition coefficient (Wildman–Crippen LogP) is 3.65. The number of aromatic nitrogens is 1. The van der Waals surface area contributed by atoms with E-state index in [0.29, 0.717) is 12.3 Å². The second-order valence-corrected chi connectivity index (χ2v) is 6.19. The fraction of sp³-hybridized carbons (Fsp3) is 0.200. The van der Waals surface area contributed by atoms with Gasteiger partial charge in [-0.3, -0.25) is 9.78 Å². The second kappa shape index (κ2) is 6.03. The van der Waals surface area contributed by atoms with E-state index in [-0.39, 0.29) is 16.3 Å². The first-order chi connectivity index (χ1) is 10.1. The summed E-state index contributed by atoms with van der Waals surface area (Å²) in [4.78, 5) is 17.8. The summed E-state index contributed by atoms with van der Waals surface area (Å²) in [5.74, 6) is 0.0442. The predicted molar refractivity (Wildman–Crippen MR) is 81.4 cm³/mol. The van der Waals surface area contributed by atoms with Crippen LogP contribution in [0.25, 0.3) is 0 Å². The van der Waals surface area contributed by atoms with Crippen molar-refractivity contribution in [1.82, 2.24) is 9.88 Å². The van der Waals surface area contributed by atoms with E-state index in [2.05, 4.69) is 4.98 Å². The van der Waals surface area contributed by atoms with E-state index in [0.717, 1.165) is 11.1 Å². The molecular formula is C15H12ClFN2OS. The molecule has 1 aliphatic heterocycles. The van der Waals surface area contributed by atoms with Gasteiger partial charge in [-0.05, 0) is 35.4 Å². The molecule has 0 spiro atoms. The van der Waals surface area contributed by atoms with Crippen molar-refractivity contribution in [3.8, 4) is 0 Å². The zero-order valence-corrected chi connectivity index (χ0v) is 12.6. The van der Waals surface area contributed by atoms with Gasteiger partial charge in [0.25, 0.3) is 0 Å². The SMILES string of the molecule is O=C1CSC(c2ccc(F)c(Cl)c2)N1Cc1ccncc1. The molecule has 3 nitrogen and oxygen atoms in total. The molecule has 1 amide bonds. The van der Waals surface area contributed by atoms with Gasteiger partial charge in [0.15, 0.2) is 0 Å². The molecule has 0 N–H and O–H groups in total. The Morgan fingerprint density at radius 1 is 1.33 bits per heavy atom. The van der Waals surface area contributed by atoms with Crippen LogP contribution >= 0.6 is 23.4 Å². The Hall–Kier alpha value is -1.59. The minimum atomic E-state index is -0.449. The lowest BCUT2D eigenvalue weighted by molar-refractivity contribution is -0.128. The minimum absolute atomic E-state index is 0.0715. The number of amides is 1. The highest BCUT2D eigenvalue weighted by atomic mass is 35.5. The molecule has 0 bridgehead atoms. The Morgan fingerprint density at radius 2 is 2.10 bits per heavy atom. The van der Waals surface area contributed by atoms with Crippen molar-refractivity contribution in [2.24, 2.45) is 0 Å². The first kappa shape index (κ1) is 14.4. The molecule has 108 valence electrons. The van der Waals surface area contributed by atoms with Crippen molar-refractivity contribution < 1.29 is 9.18 Å². The highest BCUT2D eigenvalue weighted by Gasteiger charge is 2.33. The van der Waals surface area contributed by atoms with Gasteiger partial charge in [-0.2, -0.15) is 0 Å². The zero-order chi connectivity index (χ0) is 14.8. The number of halogens is 2. The van der Waals surface area contributed by atoms with Gasteiger partial charge < -0.3 is 4.90 Å². The molecule has 6 heteroatoms. The molecule has 0 saturated carbocycles. The number of nitrogens with zero attached hydrogens (tertiary/aromatic N) is 2. The number of rotatable bonds is 3. The third-order valence-electron chi connectivity index (χ3n) is 3.30. The van der Waals surface area contributed by atoms with Crippen molar-refractivity contribution in [3.05, 3.63) is 64.7 Å². The maximum Gasteiger partial charge on any atom is 0.234 e. The Bertz CT molecular complexity index is 668. The normalized spacial score (nSPS) is 18.3. The van der Waals surface area contributed by atoms with Crippen LogP contribution in [0.2, 0.25) is 5.02 Å². The monoisotopic (exact) mass is 322 g/mol. The summed E-state index contributed by atoms with van der Waals surface area (Å²) in [6, 6.07) is 8.37. The number of carbonyl (C=O) groups excluding carboxylic acids is 1. The molecule has 1 aliphatic rings. The lowest BCUT2D eigenvalue weighted by Gasteiger charge is -2.24. The van der Waals surface area contributed by atoms with E-state index in [1.54, 1.807) is 29.4 Å². The largest absolute Gasteiger partial charge is 0.322 e. The van der Waals surface area contributed by atoms with Gasteiger partial charge in [-0.15, -0.1) is 11.8 Å². The lowest BCUT2D eigenvalue weighted by Crippen LogP contribution is -2.27. The fourth-order valence-corrected chi connectivity index (χ4v) is 3.62. The van der Waals surface area contributed by atoms with E-state index in [1.807, 2.05) is 12.1 Å². The van der Waals surface area contributed by atoms with Crippen molar-refractivity contribution in [2.45, 2.75) is 11.9 Å². The van der Waals surface area contributed by atoms with Crippen LogP contribution in [0.5, 0.6) is 0 Å². The molecule has 2 aromatic rings. The standard InChI is InChI=1S/C15H12ClFN2OS/c16-12-7-11(1-2-13(12)17)15-19(14(20)9-21-15)8-10-3-5-18-6-4-10/h1-7,15H,8-9H2. The topological polar surface area (TPSA) is 33.2 Å². The fourth-order valence-electron chi connectivity index (χ4n) is 2.25. The molecular weight excluding hydrogens is 311 g/mol. The van der Waals surface area contributed by atoms with E-state index in [1.165, 1.54) is 17.8 Å². The van der Waals surface area contributed by atoms with Crippen LogP contribution in [0, 0.1) is 5.82 Å². The van der Waals surface area contributed by atoms with Crippen molar-refractivity contribution in [3.63, 3.8) is 0 Å². The second-order valence-electron chi connectivity index (χ2n) is 4.71. The Morgan fingerprint density at radius 3 is 2.81 bits per heavy atom. The van der Waals surface area contributed by atoms with Crippen LogP contribution in [-0.2, 0) is 11.3 Å². The molecule has 0 aliphatic carbocycles. The highest BCUT2D eigenvalue weighted by molar-refractivity contribution is 8.00. The molecule has 1 fully saturated rings. The van der Waals surface area contributed by atoms with Gasteiger partial charge in [-0.25, -0.2) is 4.39 Å². The number of hydrogen-bond acceptors (Lipinski definition) is 3. The van der Waals surface area contributed by atoms with Gasteiger partial charge in [0.1, 0.15) is 11.2 Å². The molecule has 1 saturated heterocycles. The van der Waals surface area contributed by atoms with Crippen LogP contribution < -0.4 is 0 Å². The smallest absolute Gasteiger partial charge is 0.234 e. The number of hydrogen-bond donors (Lipinski definition) is 0. The van der Waals surface area contributed by atoms with Crippen molar-refractivity contribution in [1.29, 1.82) is 0 Å². The van der Waals surface area contributed by atoms with Crippen LogP contribution in [-0.4, -0.2) is 21.5 Å². The Kier molecular flexibility index (Phi) is 4.12.